The van der Waals surface area contributed by atoms with Crippen LogP contribution in [0.4, 0.5) is 11.4 Å². The van der Waals surface area contributed by atoms with E-state index in [-0.39, 0.29) is 18.1 Å². The van der Waals surface area contributed by atoms with E-state index in [1.54, 1.807) is 19.1 Å². The fourth-order valence-corrected chi connectivity index (χ4v) is 3.90. The maximum Gasteiger partial charge on any atom is 0.306 e. The highest BCUT2D eigenvalue weighted by molar-refractivity contribution is 5.70. The number of hydrogen-bond acceptors (Lipinski definition) is 5. The Morgan fingerprint density at radius 3 is 2.75 bits per heavy atom. The van der Waals surface area contributed by atoms with Crippen LogP contribution >= 0.6 is 0 Å². The van der Waals surface area contributed by atoms with Crippen molar-refractivity contribution in [2.45, 2.75) is 57.9 Å². The van der Waals surface area contributed by atoms with E-state index in [2.05, 4.69) is 5.32 Å². The second-order valence-electron chi connectivity index (χ2n) is 7.01. The normalized spacial score (nSPS) is 18.5. The number of aryl methyl sites for hydroxylation is 1. The van der Waals surface area contributed by atoms with Crippen LogP contribution in [0.3, 0.4) is 0 Å². The van der Waals surface area contributed by atoms with E-state index in [9.17, 15) is 14.9 Å². The summed E-state index contributed by atoms with van der Waals surface area (Å²) in [6.45, 7) is 2.12. The molecule has 2 aliphatic rings. The molecule has 0 aliphatic heterocycles. The molecule has 6 heteroatoms. The molecule has 1 aromatic carbocycles. The van der Waals surface area contributed by atoms with Gasteiger partial charge in [0.05, 0.1) is 11.5 Å². The third-order valence-electron chi connectivity index (χ3n) is 5.34. The number of carbonyl (C=O) groups excluding carboxylic acids is 1. The zero-order valence-electron chi connectivity index (χ0n) is 14.0. The second kappa shape index (κ2) is 6.79. The summed E-state index contributed by atoms with van der Waals surface area (Å²) in [6.07, 6.45) is 7.05. The van der Waals surface area contributed by atoms with E-state index < -0.39 is 4.92 Å². The van der Waals surface area contributed by atoms with Crippen molar-refractivity contribution in [3.05, 3.63) is 33.9 Å². The molecule has 1 aromatic rings. The Balaban J connectivity index is 1.67. The van der Waals surface area contributed by atoms with E-state index >= 15 is 0 Å². The predicted molar refractivity (Wildman–Crippen MR) is 91.0 cm³/mol. The van der Waals surface area contributed by atoms with Crippen LogP contribution in [0.25, 0.3) is 0 Å². The zero-order chi connectivity index (χ0) is 17.2. The first kappa shape index (κ1) is 16.7. The minimum Gasteiger partial charge on any atom is -0.466 e. The molecule has 0 bridgehead atoms. The van der Waals surface area contributed by atoms with Gasteiger partial charge in [0, 0.05) is 30.3 Å². The minimum absolute atomic E-state index is 0.0588. The predicted octanol–water partition coefficient (Wildman–Crippen LogP) is 3.84. The Kier molecular flexibility index (Phi) is 4.73. The van der Waals surface area contributed by atoms with E-state index in [0.717, 1.165) is 11.3 Å². The lowest BCUT2D eigenvalue weighted by Gasteiger charge is -2.54. The average Bonchev–Trinajstić information content (AvgIpc) is 2.47. The monoisotopic (exact) mass is 332 g/mol. The minimum atomic E-state index is -0.398. The molecular weight excluding hydrogens is 308 g/mol. The first-order valence-corrected chi connectivity index (χ1v) is 8.71. The number of ether oxygens (including phenoxy) is 1. The van der Waals surface area contributed by atoms with Gasteiger partial charge in [-0.15, -0.1) is 0 Å². The third kappa shape index (κ3) is 3.52. The lowest BCUT2D eigenvalue weighted by atomic mass is 9.54. The Labute approximate surface area is 141 Å². The number of nitro groups is 1. The van der Waals surface area contributed by atoms with E-state index in [1.165, 1.54) is 38.2 Å². The number of non-ortho nitro benzene ring substituents is 1. The molecule has 1 spiro atoms. The number of anilines is 1. The van der Waals surface area contributed by atoms with Gasteiger partial charge in [0.15, 0.2) is 0 Å². The Morgan fingerprint density at radius 1 is 1.42 bits per heavy atom. The van der Waals surface area contributed by atoms with Gasteiger partial charge in [-0.3, -0.25) is 14.9 Å². The smallest absolute Gasteiger partial charge is 0.306 e. The Morgan fingerprint density at radius 2 is 2.17 bits per heavy atom. The SMILES string of the molecule is CCOC(=O)CCc1cc([N+](=O)[O-])ccc1NC1CC2(CCC2)C1. The largest absolute Gasteiger partial charge is 0.466 e. The first-order chi connectivity index (χ1) is 11.5. The number of nitrogens with zero attached hydrogens (tertiary/aromatic N) is 1. The maximum absolute atomic E-state index is 11.6. The quantitative estimate of drug-likeness (QED) is 0.466. The molecule has 0 saturated heterocycles. The Hall–Kier alpha value is -2.11. The average molecular weight is 332 g/mol. The van der Waals surface area contributed by atoms with Gasteiger partial charge in [0.25, 0.3) is 5.69 Å². The van der Waals surface area contributed by atoms with E-state index in [4.69, 9.17) is 4.74 Å². The highest BCUT2D eigenvalue weighted by Gasteiger charge is 2.48. The van der Waals surface area contributed by atoms with Gasteiger partial charge in [-0.2, -0.15) is 0 Å². The van der Waals surface area contributed by atoms with Crippen LogP contribution in [0.2, 0.25) is 0 Å². The van der Waals surface area contributed by atoms with Gasteiger partial charge in [-0.25, -0.2) is 0 Å². The van der Waals surface area contributed by atoms with E-state index in [1.807, 2.05) is 0 Å². The van der Waals surface area contributed by atoms with E-state index in [0.29, 0.717) is 24.5 Å². The maximum atomic E-state index is 11.6. The van der Waals surface area contributed by atoms with Crippen LogP contribution in [0.15, 0.2) is 18.2 Å². The van der Waals surface area contributed by atoms with Crippen molar-refractivity contribution in [3.63, 3.8) is 0 Å². The van der Waals surface area contributed by atoms with Crippen molar-refractivity contribution in [1.29, 1.82) is 0 Å². The molecule has 0 unspecified atom stereocenters. The van der Waals surface area contributed by atoms with Crippen LogP contribution in [-0.2, 0) is 16.0 Å². The number of esters is 1. The van der Waals surface area contributed by atoms with Crippen LogP contribution in [-0.4, -0.2) is 23.5 Å². The number of rotatable bonds is 7. The lowest BCUT2D eigenvalue weighted by molar-refractivity contribution is -0.384. The highest BCUT2D eigenvalue weighted by Crippen LogP contribution is 2.56. The molecule has 24 heavy (non-hydrogen) atoms. The zero-order valence-corrected chi connectivity index (χ0v) is 14.0. The van der Waals surface area contributed by atoms with Gasteiger partial charge in [0.1, 0.15) is 0 Å². The molecule has 0 aromatic heterocycles. The highest BCUT2D eigenvalue weighted by atomic mass is 16.6. The molecule has 1 N–H and O–H groups in total. The molecular formula is C18H24N2O4. The number of nitro benzene ring substituents is 1. The van der Waals surface area contributed by atoms with Crippen LogP contribution in [0, 0.1) is 15.5 Å². The van der Waals surface area contributed by atoms with Crippen molar-refractivity contribution in [2.24, 2.45) is 5.41 Å². The standard InChI is InChI=1S/C18H24N2O4/c1-2-24-17(21)7-4-13-10-15(20(22)23)5-6-16(13)19-14-11-18(12-14)8-3-9-18/h5-6,10,14,19H,2-4,7-9,11-12H2,1H3. The summed E-state index contributed by atoms with van der Waals surface area (Å²) < 4.78 is 4.95. The molecule has 0 amide bonds. The number of benzene rings is 1. The fraction of sp³-hybridized carbons (Fsp3) is 0.611. The summed E-state index contributed by atoms with van der Waals surface area (Å²) in [5, 5.41) is 14.5. The van der Waals surface area contributed by atoms with Gasteiger partial charge < -0.3 is 10.1 Å². The number of nitrogens with one attached hydrogen (secondary N) is 1. The molecule has 3 rings (SSSR count). The molecule has 2 saturated carbocycles. The molecule has 2 aliphatic carbocycles. The molecule has 2 fully saturated rings. The molecule has 0 radical (unpaired) electrons. The summed E-state index contributed by atoms with van der Waals surface area (Å²) in [5.74, 6) is -0.271. The summed E-state index contributed by atoms with van der Waals surface area (Å²) in [4.78, 5) is 22.2. The van der Waals surface area contributed by atoms with Gasteiger partial charge >= 0.3 is 5.97 Å². The third-order valence-corrected chi connectivity index (χ3v) is 5.34. The Bertz CT molecular complexity index is 632. The number of carbonyl (C=O) groups is 1. The van der Waals surface area contributed by atoms with Crippen LogP contribution in [0.1, 0.15) is 51.0 Å². The lowest BCUT2D eigenvalue weighted by Crippen LogP contribution is -2.49. The van der Waals surface area contributed by atoms with Gasteiger partial charge in [0.2, 0.25) is 0 Å². The molecule has 0 heterocycles. The topological polar surface area (TPSA) is 81.5 Å². The summed E-state index contributed by atoms with van der Waals surface area (Å²) in [6, 6.07) is 5.30. The van der Waals surface area contributed by atoms with Crippen molar-refractivity contribution in [2.75, 3.05) is 11.9 Å². The fourth-order valence-electron chi connectivity index (χ4n) is 3.90. The summed E-state index contributed by atoms with van der Waals surface area (Å²) in [5.41, 5.74) is 2.35. The molecule has 6 nitrogen and oxygen atoms in total. The van der Waals surface area contributed by atoms with Crippen molar-refractivity contribution >= 4 is 17.3 Å². The van der Waals surface area contributed by atoms with Gasteiger partial charge in [-0.05, 0) is 56.1 Å². The molecule has 130 valence electrons. The van der Waals surface area contributed by atoms with Gasteiger partial charge in [-0.1, -0.05) is 6.42 Å². The van der Waals surface area contributed by atoms with Crippen LogP contribution < -0.4 is 5.32 Å². The van der Waals surface area contributed by atoms with Crippen molar-refractivity contribution in [3.8, 4) is 0 Å². The summed E-state index contributed by atoms with van der Waals surface area (Å²) >= 11 is 0. The summed E-state index contributed by atoms with van der Waals surface area (Å²) in [7, 11) is 0. The first-order valence-electron chi connectivity index (χ1n) is 8.71. The van der Waals surface area contributed by atoms with Crippen molar-refractivity contribution < 1.29 is 14.5 Å². The van der Waals surface area contributed by atoms with Crippen LogP contribution in [0.5, 0.6) is 0 Å². The number of hydrogen-bond donors (Lipinski definition) is 1. The molecule has 0 atom stereocenters. The van der Waals surface area contributed by atoms with Crippen molar-refractivity contribution in [1.82, 2.24) is 0 Å². The second-order valence-corrected chi connectivity index (χ2v) is 7.01.